The normalized spacial score (nSPS) is 22.3. The van der Waals surface area contributed by atoms with Gasteiger partial charge in [0, 0.05) is 26.2 Å². The van der Waals surface area contributed by atoms with Crippen LogP contribution in [0, 0.1) is 11.7 Å². The van der Waals surface area contributed by atoms with Crippen molar-refractivity contribution >= 4 is 11.8 Å². The van der Waals surface area contributed by atoms with Gasteiger partial charge in [-0.2, -0.15) is 0 Å². The molecule has 2 aliphatic rings. The number of halogens is 1. The van der Waals surface area contributed by atoms with E-state index in [1.807, 2.05) is 11.8 Å². The first-order valence-electron chi connectivity index (χ1n) is 9.67. The molecule has 0 radical (unpaired) electrons. The average molecular weight is 377 g/mol. The van der Waals surface area contributed by atoms with Gasteiger partial charge >= 0.3 is 0 Å². The fourth-order valence-electron chi connectivity index (χ4n) is 3.71. The molecule has 3 rings (SSSR count). The second kappa shape index (κ2) is 9.28. The zero-order valence-electron chi connectivity index (χ0n) is 15.8. The molecule has 0 aromatic heterocycles. The summed E-state index contributed by atoms with van der Waals surface area (Å²) in [4.78, 5) is 29.2. The molecular weight excluding hydrogens is 349 g/mol. The quantitative estimate of drug-likeness (QED) is 0.843. The molecule has 0 spiro atoms. The van der Waals surface area contributed by atoms with Crippen LogP contribution in [0.25, 0.3) is 0 Å². The van der Waals surface area contributed by atoms with E-state index in [0.29, 0.717) is 39.4 Å². The minimum atomic E-state index is -0.300. The highest BCUT2D eigenvalue weighted by Crippen LogP contribution is 2.21. The first kappa shape index (κ1) is 19.8. The Morgan fingerprint density at radius 3 is 2.63 bits per heavy atom. The molecule has 0 bridgehead atoms. The summed E-state index contributed by atoms with van der Waals surface area (Å²) in [6.45, 7) is 6.19. The van der Waals surface area contributed by atoms with E-state index in [2.05, 4.69) is 10.2 Å². The number of nitrogens with one attached hydrogen (secondary N) is 1. The lowest BCUT2D eigenvalue weighted by Gasteiger charge is -2.38. The van der Waals surface area contributed by atoms with Gasteiger partial charge in [-0.15, -0.1) is 0 Å². The number of carbonyl (C=O) groups excluding carboxylic acids is 2. The van der Waals surface area contributed by atoms with Crippen LogP contribution in [0.3, 0.4) is 0 Å². The summed E-state index contributed by atoms with van der Waals surface area (Å²) in [6, 6.07) is 5.80. The first-order valence-corrected chi connectivity index (χ1v) is 9.67. The maximum Gasteiger partial charge on any atom is 0.237 e. The molecule has 1 aromatic carbocycles. The Labute approximate surface area is 159 Å². The van der Waals surface area contributed by atoms with Crippen molar-refractivity contribution in [1.29, 1.82) is 0 Å². The fourth-order valence-corrected chi connectivity index (χ4v) is 3.71. The molecule has 2 amide bonds. The van der Waals surface area contributed by atoms with Crippen LogP contribution >= 0.6 is 0 Å². The molecule has 2 fully saturated rings. The van der Waals surface area contributed by atoms with Crippen molar-refractivity contribution in [1.82, 2.24) is 15.1 Å². The monoisotopic (exact) mass is 377 g/mol. The second-order valence-electron chi connectivity index (χ2n) is 7.29. The summed E-state index contributed by atoms with van der Waals surface area (Å²) in [5, 5.41) is 2.91. The smallest absolute Gasteiger partial charge is 0.237 e. The number of nitrogens with zero attached hydrogens (tertiary/aromatic N) is 2. The maximum atomic E-state index is 13.0. The van der Waals surface area contributed by atoms with Gasteiger partial charge in [0.05, 0.1) is 25.2 Å². The van der Waals surface area contributed by atoms with Crippen molar-refractivity contribution in [2.45, 2.75) is 32.4 Å². The van der Waals surface area contributed by atoms with E-state index in [-0.39, 0.29) is 29.6 Å². The lowest BCUT2D eigenvalue weighted by Crippen LogP contribution is -2.53. The Kier molecular flexibility index (Phi) is 6.79. The van der Waals surface area contributed by atoms with Crippen LogP contribution in [-0.2, 0) is 20.9 Å². The SMILES string of the molecule is CC(C(=O)NCc1ccc(F)cc1)N1CCCC(C(=O)N2CCOCC2)C1. The van der Waals surface area contributed by atoms with Crippen molar-refractivity contribution in [2.75, 3.05) is 39.4 Å². The van der Waals surface area contributed by atoms with Crippen LogP contribution in [0.5, 0.6) is 0 Å². The zero-order chi connectivity index (χ0) is 19.2. The van der Waals surface area contributed by atoms with Crippen molar-refractivity contribution in [2.24, 2.45) is 5.92 Å². The summed E-state index contributed by atoms with van der Waals surface area (Å²) in [5.74, 6) is -0.229. The Bertz CT molecular complexity index is 646. The topological polar surface area (TPSA) is 61.9 Å². The van der Waals surface area contributed by atoms with E-state index in [1.54, 1.807) is 12.1 Å². The van der Waals surface area contributed by atoms with Crippen molar-refractivity contribution < 1.29 is 18.7 Å². The van der Waals surface area contributed by atoms with Gasteiger partial charge in [-0.1, -0.05) is 12.1 Å². The molecule has 148 valence electrons. The lowest BCUT2D eigenvalue weighted by atomic mass is 9.95. The molecule has 0 saturated carbocycles. The Morgan fingerprint density at radius 2 is 1.93 bits per heavy atom. The summed E-state index contributed by atoms with van der Waals surface area (Å²) < 4.78 is 18.3. The van der Waals surface area contributed by atoms with Crippen LogP contribution in [0.15, 0.2) is 24.3 Å². The highest BCUT2D eigenvalue weighted by atomic mass is 19.1. The Balaban J connectivity index is 1.50. The van der Waals surface area contributed by atoms with Gasteiger partial charge in [-0.25, -0.2) is 4.39 Å². The molecule has 2 atom stereocenters. The van der Waals surface area contributed by atoms with Crippen LogP contribution in [0.1, 0.15) is 25.3 Å². The molecule has 2 saturated heterocycles. The molecule has 6 nitrogen and oxygen atoms in total. The largest absolute Gasteiger partial charge is 0.378 e. The predicted molar refractivity (Wildman–Crippen MR) is 99.4 cm³/mol. The molecule has 2 aliphatic heterocycles. The fraction of sp³-hybridized carbons (Fsp3) is 0.600. The highest BCUT2D eigenvalue weighted by molar-refractivity contribution is 5.82. The number of hydrogen-bond donors (Lipinski definition) is 1. The highest BCUT2D eigenvalue weighted by Gasteiger charge is 2.33. The van der Waals surface area contributed by atoms with Gasteiger partial charge in [0.2, 0.25) is 11.8 Å². The van der Waals surface area contributed by atoms with Crippen molar-refractivity contribution in [3.63, 3.8) is 0 Å². The molecule has 2 heterocycles. The van der Waals surface area contributed by atoms with Gasteiger partial charge in [-0.3, -0.25) is 14.5 Å². The minimum absolute atomic E-state index is 0.0517. The number of carbonyl (C=O) groups is 2. The molecule has 2 unspecified atom stereocenters. The van der Waals surface area contributed by atoms with E-state index in [9.17, 15) is 14.0 Å². The number of piperidine rings is 1. The van der Waals surface area contributed by atoms with Crippen LogP contribution in [0.4, 0.5) is 4.39 Å². The molecule has 27 heavy (non-hydrogen) atoms. The molecule has 1 aromatic rings. The minimum Gasteiger partial charge on any atom is -0.378 e. The summed E-state index contributed by atoms with van der Waals surface area (Å²) >= 11 is 0. The number of likely N-dealkylation sites (tertiary alicyclic amines) is 1. The van der Waals surface area contributed by atoms with Crippen molar-refractivity contribution in [3.8, 4) is 0 Å². The van der Waals surface area contributed by atoms with Crippen LogP contribution < -0.4 is 5.32 Å². The van der Waals surface area contributed by atoms with Crippen LogP contribution in [-0.4, -0.2) is 67.0 Å². The van der Waals surface area contributed by atoms with E-state index < -0.39 is 0 Å². The molecule has 1 N–H and O–H groups in total. The van der Waals surface area contributed by atoms with E-state index in [4.69, 9.17) is 4.74 Å². The summed E-state index contributed by atoms with van der Waals surface area (Å²) in [5.41, 5.74) is 0.857. The average Bonchev–Trinajstić information content (AvgIpc) is 2.72. The van der Waals surface area contributed by atoms with E-state index in [1.165, 1.54) is 12.1 Å². The predicted octanol–water partition coefficient (Wildman–Crippen LogP) is 1.40. The first-order chi connectivity index (χ1) is 13.0. The maximum absolute atomic E-state index is 13.0. The number of benzene rings is 1. The van der Waals surface area contributed by atoms with Gasteiger partial charge < -0.3 is 15.0 Å². The standard InChI is InChI=1S/C20H28FN3O3/c1-15(19(25)22-13-16-4-6-18(21)7-5-16)24-8-2-3-17(14-24)20(26)23-9-11-27-12-10-23/h4-7,15,17H,2-3,8-14H2,1H3,(H,22,25). The lowest BCUT2D eigenvalue weighted by molar-refractivity contribution is -0.142. The third-order valence-electron chi connectivity index (χ3n) is 5.43. The summed E-state index contributed by atoms with van der Waals surface area (Å²) in [7, 11) is 0. The van der Waals surface area contributed by atoms with E-state index >= 15 is 0 Å². The molecule has 7 heteroatoms. The Hall–Kier alpha value is -1.99. The number of amides is 2. The van der Waals surface area contributed by atoms with Gasteiger partial charge in [-0.05, 0) is 44.0 Å². The number of morpholine rings is 1. The van der Waals surface area contributed by atoms with E-state index in [0.717, 1.165) is 24.9 Å². The van der Waals surface area contributed by atoms with Gasteiger partial charge in [0.15, 0.2) is 0 Å². The number of rotatable bonds is 5. The van der Waals surface area contributed by atoms with Crippen molar-refractivity contribution in [3.05, 3.63) is 35.6 Å². The Morgan fingerprint density at radius 1 is 1.22 bits per heavy atom. The number of ether oxygens (including phenoxy) is 1. The zero-order valence-corrected chi connectivity index (χ0v) is 15.8. The third-order valence-corrected chi connectivity index (χ3v) is 5.43. The van der Waals surface area contributed by atoms with Crippen LogP contribution in [0.2, 0.25) is 0 Å². The molecular formula is C20H28FN3O3. The third kappa shape index (κ3) is 5.26. The van der Waals surface area contributed by atoms with Gasteiger partial charge in [0.1, 0.15) is 5.82 Å². The second-order valence-corrected chi connectivity index (χ2v) is 7.29. The summed E-state index contributed by atoms with van der Waals surface area (Å²) in [6.07, 6.45) is 1.78. The van der Waals surface area contributed by atoms with Gasteiger partial charge in [0.25, 0.3) is 0 Å². The number of hydrogen-bond acceptors (Lipinski definition) is 4. The molecule has 0 aliphatic carbocycles.